The molecular formula is C15H23N3O4S. The number of carbonyl (C=O) groups excluding carboxylic acids is 1. The first-order valence-electron chi connectivity index (χ1n) is 7.55. The van der Waals surface area contributed by atoms with Crippen molar-refractivity contribution in [3.05, 3.63) is 10.6 Å². The summed E-state index contributed by atoms with van der Waals surface area (Å²) in [6, 6.07) is -0.00970. The number of aromatic nitrogens is 1. The normalized spacial score (nSPS) is 15.5. The summed E-state index contributed by atoms with van der Waals surface area (Å²) in [5.41, 5.74) is 0.0896. The molecule has 1 aliphatic rings. The molecule has 0 spiro atoms. The first-order chi connectivity index (χ1) is 10.6. The number of alkyl carbamates (subject to hydrolysis) is 1. The third-order valence-corrected chi connectivity index (χ3v) is 4.38. The largest absolute Gasteiger partial charge is 0.477 e. The van der Waals surface area contributed by atoms with Crippen LogP contribution in [0.4, 0.5) is 9.93 Å². The molecular weight excluding hydrogens is 318 g/mol. The summed E-state index contributed by atoms with van der Waals surface area (Å²) in [4.78, 5) is 29.7. The Morgan fingerprint density at radius 3 is 2.43 bits per heavy atom. The summed E-state index contributed by atoms with van der Waals surface area (Å²) in [7, 11) is 0. The molecule has 128 valence electrons. The fraction of sp³-hybridized carbons (Fsp3) is 0.667. The molecule has 2 rings (SSSR count). The van der Waals surface area contributed by atoms with E-state index in [2.05, 4.69) is 10.3 Å². The number of ether oxygens (including phenoxy) is 1. The molecule has 8 heteroatoms. The Balaban J connectivity index is 1.94. The number of rotatable bonds is 4. The van der Waals surface area contributed by atoms with E-state index in [-0.39, 0.29) is 12.0 Å². The van der Waals surface area contributed by atoms with Crippen molar-refractivity contribution in [3.63, 3.8) is 0 Å². The Bertz CT molecular complexity index is 600. The average molecular weight is 341 g/mol. The lowest BCUT2D eigenvalue weighted by Crippen LogP contribution is -2.60. The van der Waals surface area contributed by atoms with E-state index in [1.165, 1.54) is 11.3 Å². The second-order valence-corrected chi connectivity index (χ2v) is 7.90. The molecule has 1 aromatic heterocycles. The van der Waals surface area contributed by atoms with Gasteiger partial charge in [-0.2, -0.15) is 0 Å². The summed E-state index contributed by atoms with van der Waals surface area (Å²) >= 11 is 1.18. The van der Waals surface area contributed by atoms with Crippen molar-refractivity contribution < 1.29 is 19.4 Å². The van der Waals surface area contributed by atoms with Crippen LogP contribution in [0.3, 0.4) is 0 Å². The van der Waals surface area contributed by atoms with Crippen molar-refractivity contribution in [1.82, 2.24) is 10.3 Å². The van der Waals surface area contributed by atoms with Crippen molar-refractivity contribution in [2.45, 2.75) is 52.2 Å². The molecule has 0 unspecified atom stereocenters. The average Bonchev–Trinajstić information content (AvgIpc) is 2.75. The molecule has 0 bridgehead atoms. The van der Waals surface area contributed by atoms with Crippen LogP contribution in [0.2, 0.25) is 0 Å². The number of thiazole rings is 1. The minimum absolute atomic E-state index is 0.00970. The number of carbonyl (C=O) groups is 2. The predicted octanol–water partition coefficient (Wildman–Crippen LogP) is 2.68. The summed E-state index contributed by atoms with van der Waals surface area (Å²) in [5, 5.41) is 12.7. The first-order valence-corrected chi connectivity index (χ1v) is 8.37. The van der Waals surface area contributed by atoms with Crippen LogP contribution in [0.15, 0.2) is 0 Å². The van der Waals surface area contributed by atoms with Crippen LogP contribution in [0.5, 0.6) is 0 Å². The van der Waals surface area contributed by atoms with E-state index in [4.69, 9.17) is 4.74 Å². The van der Waals surface area contributed by atoms with Crippen LogP contribution >= 0.6 is 11.3 Å². The Labute approximate surface area is 139 Å². The van der Waals surface area contributed by atoms with Crippen molar-refractivity contribution >= 4 is 28.5 Å². The highest BCUT2D eigenvalue weighted by Gasteiger charge is 2.33. The van der Waals surface area contributed by atoms with Gasteiger partial charge in [-0.25, -0.2) is 14.6 Å². The summed E-state index contributed by atoms with van der Waals surface area (Å²) in [5.74, 6) is -0.885. The summed E-state index contributed by atoms with van der Waals surface area (Å²) in [6.45, 7) is 10.5. The van der Waals surface area contributed by atoms with Gasteiger partial charge in [0.05, 0.1) is 11.7 Å². The van der Waals surface area contributed by atoms with Gasteiger partial charge in [0.2, 0.25) is 0 Å². The summed E-state index contributed by atoms with van der Waals surface area (Å²) in [6.07, 6.45) is -0.435. The van der Waals surface area contributed by atoms with Gasteiger partial charge in [-0.15, -0.1) is 0 Å². The van der Waals surface area contributed by atoms with Crippen LogP contribution in [0.1, 0.15) is 55.9 Å². The highest BCUT2D eigenvalue weighted by atomic mass is 32.1. The third kappa shape index (κ3) is 4.34. The maximum absolute atomic E-state index is 11.7. The van der Waals surface area contributed by atoms with Gasteiger partial charge in [0.15, 0.2) is 5.13 Å². The van der Waals surface area contributed by atoms with Gasteiger partial charge in [0.1, 0.15) is 10.5 Å². The van der Waals surface area contributed by atoms with Crippen molar-refractivity contribution in [3.8, 4) is 0 Å². The first kappa shape index (κ1) is 17.5. The highest BCUT2D eigenvalue weighted by Crippen LogP contribution is 2.32. The Kier molecular flexibility index (Phi) is 4.84. The Morgan fingerprint density at radius 2 is 2.00 bits per heavy atom. The van der Waals surface area contributed by atoms with E-state index in [9.17, 15) is 14.7 Å². The van der Waals surface area contributed by atoms with Gasteiger partial charge >= 0.3 is 12.1 Å². The zero-order valence-corrected chi connectivity index (χ0v) is 14.9. The molecule has 0 atom stereocenters. The highest BCUT2D eigenvalue weighted by molar-refractivity contribution is 7.17. The predicted molar refractivity (Wildman–Crippen MR) is 88.5 cm³/mol. The SMILES string of the molecule is CC(C)c1nc(N2CC(NC(=O)OC(C)(C)C)C2)sc1C(=O)O. The standard InChI is InChI=1S/C15H23N3O4S/c1-8(2)10-11(12(19)20)23-13(17-10)18-6-9(7-18)16-14(21)22-15(3,4)5/h8-9H,6-7H2,1-5H3,(H,16,21)(H,19,20). The van der Waals surface area contributed by atoms with E-state index in [0.717, 1.165) is 0 Å². The number of amides is 1. The van der Waals surface area contributed by atoms with Crippen molar-refractivity contribution in [1.29, 1.82) is 0 Å². The molecule has 1 amide bonds. The molecule has 2 N–H and O–H groups in total. The number of carboxylic acid groups (broad SMARTS) is 1. The van der Waals surface area contributed by atoms with Crippen LogP contribution in [0, 0.1) is 0 Å². The molecule has 7 nitrogen and oxygen atoms in total. The van der Waals surface area contributed by atoms with E-state index >= 15 is 0 Å². The monoisotopic (exact) mass is 341 g/mol. The quantitative estimate of drug-likeness (QED) is 0.875. The Hall–Kier alpha value is -1.83. The van der Waals surface area contributed by atoms with Gasteiger partial charge in [-0.3, -0.25) is 0 Å². The van der Waals surface area contributed by atoms with Gasteiger partial charge in [0, 0.05) is 13.1 Å². The van der Waals surface area contributed by atoms with Gasteiger partial charge in [-0.1, -0.05) is 25.2 Å². The lowest BCUT2D eigenvalue weighted by molar-refractivity contribution is 0.0495. The van der Waals surface area contributed by atoms with Crippen molar-refractivity contribution in [2.75, 3.05) is 18.0 Å². The number of carboxylic acids is 1. The lowest BCUT2D eigenvalue weighted by atomic mass is 10.1. The molecule has 1 saturated heterocycles. The molecule has 1 aromatic rings. The number of hydrogen-bond acceptors (Lipinski definition) is 6. The molecule has 0 aromatic carbocycles. The Morgan fingerprint density at radius 1 is 1.39 bits per heavy atom. The number of hydrogen-bond donors (Lipinski definition) is 2. The lowest BCUT2D eigenvalue weighted by Gasteiger charge is -2.39. The van der Waals surface area contributed by atoms with Crippen LogP contribution in [-0.2, 0) is 4.74 Å². The van der Waals surface area contributed by atoms with E-state index in [1.54, 1.807) is 0 Å². The van der Waals surface area contributed by atoms with E-state index < -0.39 is 17.7 Å². The van der Waals surface area contributed by atoms with E-state index in [1.807, 2.05) is 39.5 Å². The number of anilines is 1. The zero-order valence-electron chi connectivity index (χ0n) is 14.0. The van der Waals surface area contributed by atoms with Crippen LogP contribution in [0.25, 0.3) is 0 Å². The second-order valence-electron chi connectivity index (χ2n) is 6.92. The molecule has 23 heavy (non-hydrogen) atoms. The molecule has 1 aliphatic heterocycles. The summed E-state index contributed by atoms with van der Waals surface area (Å²) < 4.78 is 5.21. The molecule has 1 fully saturated rings. The smallest absolute Gasteiger partial charge is 0.407 e. The molecule has 2 heterocycles. The van der Waals surface area contributed by atoms with Crippen LogP contribution in [-0.4, -0.2) is 46.9 Å². The minimum atomic E-state index is -0.943. The van der Waals surface area contributed by atoms with Gasteiger partial charge < -0.3 is 20.1 Å². The minimum Gasteiger partial charge on any atom is -0.477 e. The second kappa shape index (κ2) is 6.35. The molecule has 0 aliphatic carbocycles. The van der Waals surface area contributed by atoms with E-state index in [0.29, 0.717) is 28.8 Å². The maximum Gasteiger partial charge on any atom is 0.407 e. The number of nitrogens with one attached hydrogen (secondary N) is 1. The van der Waals surface area contributed by atoms with Crippen LogP contribution < -0.4 is 10.2 Å². The maximum atomic E-state index is 11.7. The zero-order chi connectivity index (χ0) is 17.4. The number of nitrogens with zero attached hydrogens (tertiary/aromatic N) is 2. The van der Waals surface area contributed by atoms with Crippen molar-refractivity contribution in [2.24, 2.45) is 0 Å². The molecule has 0 radical (unpaired) electrons. The number of aromatic carboxylic acids is 1. The fourth-order valence-electron chi connectivity index (χ4n) is 2.20. The fourth-order valence-corrected chi connectivity index (χ4v) is 3.28. The van der Waals surface area contributed by atoms with Gasteiger partial charge in [0.25, 0.3) is 0 Å². The topological polar surface area (TPSA) is 91.8 Å². The van der Waals surface area contributed by atoms with Gasteiger partial charge in [-0.05, 0) is 26.7 Å². The molecule has 0 saturated carbocycles. The third-order valence-electron chi connectivity index (χ3n) is 3.26.